The number of anilines is 2. The number of morpholine rings is 1. The van der Waals surface area contributed by atoms with Gasteiger partial charge in [-0.25, -0.2) is 19.4 Å². The van der Waals surface area contributed by atoms with Crippen LogP contribution >= 0.6 is 0 Å². The number of piperidine rings is 1. The minimum atomic E-state index is -0.280. The Kier molecular flexibility index (Phi) is 7.23. The number of hydrogen-bond acceptors (Lipinski definition) is 8. The molecule has 206 valence electrons. The molecule has 2 aliphatic heterocycles. The van der Waals surface area contributed by atoms with Gasteiger partial charge in [0.2, 0.25) is 0 Å². The van der Waals surface area contributed by atoms with Crippen molar-refractivity contribution in [2.45, 2.75) is 18.9 Å². The van der Waals surface area contributed by atoms with Crippen LogP contribution in [0.3, 0.4) is 0 Å². The maximum atomic E-state index is 12.9. The van der Waals surface area contributed by atoms with Crippen LogP contribution in [0.2, 0.25) is 0 Å². The number of amides is 3. The Morgan fingerprint density at radius 2 is 1.68 bits per heavy atom. The van der Waals surface area contributed by atoms with Crippen molar-refractivity contribution in [2.24, 2.45) is 0 Å². The molecule has 2 N–H and O–H groups in total. The van der Waals surface area contributed by atoms with Crippen molar-refractivity contribution < 1.29 is 14.3 Å². The fraction of sp³-hybridized carbons (Fsp3) is 0.357. The second-order valence-electron chi connectivity index (χ2n) is 9.84. The van der Waals surface area contributed by atoms with E-state index in [1.807, 2.05) is 40.0 Å². The predicted octanol–water partition coefficient (Wildman–Crippen LogP) is 2.95. The molecule has 0 aliphatic carbocycles. The molecule has 40 heavy (non-hydrogen) atoms. The van der Waals surface area contributed by atoms with Gasteiger partial charge in [-0.1, -0.05) is 0 Å². The Bertz CT molecular complexity index is 1490. The first-order chi connectivity index (χ1) is 19.6. The largest absolute Gasteiger partial charge is 0.378 e. The summed E-state index contributed by atoms with van der Waals surface area (Å²) in [6.45, 7) is 4.03. The van der Waals surface area contributed by atoms with Crippen LogP contribution in [0, 0.1) is 0 Å². The van der Waals surface area contributed by atoms with Crippen LogP contribution < -0.4 is 15.5 Å². The molecule has 5 heterocycles. The van der Waals surface area contributed by atoms with Gasteiger partial charge >= 0.3 is 6.03 Å². The molecule has 12 heteroatoms. The standard InChI is InChI=1S/C28H31N9O3/c1-29-28(39)32-21-4-2-19(3-5-21)24-33-25(35-14-16-40-17-15-35)23-18-31-37(26(23)34-24)22-8-12-36(13-9-22)27(38)20-6-10-30-11-7-20/h2-7,10-11,18,22H,8-9,12-17H2,1H3,(H2,29,32,39). The molecule has 4 aromatic rings. The third-order valence-corrected chi connectivity index (χ3v) is 7.40. The second-order valence-corrected chi connectivity index (χ2v) is 9.84. The molecule has 6 rings (SSSR count). The number of hydrogen-bond donors (Lipinski definition) is 2. The average Bonchev–Trinajstić information content (AvgIpc) is 3.45. The fourth-order valence-electron chi connectivity index (χ4n) is 5.21. The summed E-state index contributed by atoms with van der Waals surface area (Å²) in [5.41, 5.74) is 2.94. The van der Waals surface area contributed by atoms with E-state index in [0.29, 0.717) is 43.4 Å². The molecule has 0 unspecified atom stereocenters. The SMILES string of the molecule is CNC(=O)Nc1ccc(-c2nc(N3CCOCC3)c3cnn(C4CCN(C(=O)c5ccncc5)CC4)c3n2)cc1. The molecule has 0 radical (unpaired) electrons. The maximum absolute atomic E-state index is 12.9. The fourth-order valence-corrected chi connectivity index (χ4v) is 5.21. The number of rotatable bonds is 5. The first kappa shape index (κ1) is 25.7. The minimum absolute atomic E-state index is 0.0275. The Balaban J connectivity index is 1.30. The van der Waals surface area contributed by atoms with E-state index >= 15 is 0 Å². The Morgan fingerprint density at radius 1 is 0.950 bits per heavy atom. The molecule has 12 nitrogen and oxygen atoms in total. The topological polar surface area (TPSA) is 130 Å². The van der Waals surface area contributed by atoms with Crippen molar-refractivity contribution in [1.82, 2.24) is 34.9 Å². The Labute approximate surface area is 231 Å². The first-order valence-corrected chi connectivity index (χ1v) is 13.5. The molecule has 0 atom stereocenters. The zero-order valence-electron chi connectivity index (χ0n) is 22.3. The number of nitrogens with one attached hydrogen (secondary N) is 2. The van der Waals surface area contributed by atoms with E-state index < -0.39 is 0 Å². The number of ether oxygens (including phenoxy) is 1. The molecule has 0 saturated carbocycles. The molecule has 2 saturated heterocycles. The lowest BCUT2D eigenvalue weighted by Gasteiger charge is -2.32. The van der Waals surface area contributed by atoms with E-state index in [9.17, 15) is 9.59 Å². The summed E-state index contributed by atoms with van der Waals surface area (Å²) in [6.07, 6.45) is 6.70. The van der Waals surface area contributed by atoms with Crippen LogP contribution in [-0.4, -0.2) is 88.0 Å². The molecule has 0 bridgehead atoms. The first-order valence-electron chi connectivity index (χ1n) is 13.5. The monoisotopic (exact) mass is 541 g/mol. The number of fused-ring (bicyclic) bond motifs is 1. The smallest absolute Gasteiger partial charge is 0.318 e. The minimum Gasteiger partial charge on any atom is -0.378 e. The molecule has 1 aromatic carbocycles. The van der Waals surface area contributed by atoms with Gasteiger partial charge in [0.05, 0.1) is 30.8 Å². The van der Waals surface area contributed by atoms with Crippen molar-refractivity contribution in [1.29, 1.82) is 0 Å². The van der Waals surface area contributed by atoms with Crippen LogP contribution in [-0.2, 0) is 4.74 Å². The molecule has 2 aliphatic rings. The van der Waals surface area contributed by atoms with Gasteiger partial charge in [-0.3, -0.25) is 9.78 Å². The van der Waals surface area contributed by atoms with Gasteiger partial charge in [-0.15, -0.1) is 0 Å². The summed E-state index contributed by atoms with van der Waals surface area (Å²) in [7, 11) is 1.58. The van der Waals surface area contributed by atoms with Crippen molar-refractivity contribution in [3.63, 3.8) is 0 Å². The van der Waals surface area contributed by atoms with Gasteiger partial charge in [0.1, 0.15) is 5.82 Å². The van der Waals surface area contributed by atoms with Gasteiger partial charge in [-0.05, 0) is 49.2 Å². The van der Waals surface area contributed by atoms with E-state index in [-0.39, 0.29) is 18.0 Å². The molecular formula is C28H31N9O3. The van der Waals surface area contributed by atoms with E-state index in [4.69, 9.17) is 19.8 Å². The van der Waals surface area contributed by atoms with Gasteiger partial charge in [0, 0.05) is 62.4 Å². The average molecular weight is 542 g/mol. The molecule has 0 spiro atoms. The third kappa shape index (κ3) is 5.17. The third-order valence-electron chi connectivity index (χ3n) is 7.40. The van der Waals surface area contributed by atoms with Gasteiger partial charge in [-0.2, -0.15) is 5.10 Å². The number of likely N-dealkylation sites (tertiary alicyclic amines) is 1. The van der Waals surface area contributed by atoms with Gasteiger partial charge in [0.25, 0.3) is 5.91 Å². The highest BCUT2D eigenvalue weighted by molar-refractivity contribution is 5.94. The van der Waals surface area contributed by atoms with Gasteiger partial charge in [0.15, 0.2) is 11.5 Å². The second kappa shape index (κ2) is 11.3. The van der Waals surface area contributed by atoms with E-state index in [1.165, 1.54) is 0 Å². The summed E-state index contributed by atoms with van der Waals surface area (Å²) >= 11 is 0. The van der Waals surface area contributed by atoms with Crippen LogP contribution in [0.15, 0.2) is 55.0 Å². The maximum Gasteiger partial charge on any atom is 0.318 e. The highest BCUT2D eigenvalue weighted by Gasteiger charge is 2.28. The number of carbonyl (C=O) groups excluding carboxylic acids is 2. The normalized spacial score (nSPS) is 16.2. The number of carbonyl (C=O) groups is 2. The quantitative estimate of drug-likeness (QED) is 0.394. The summed E-state index contributed by atoms with van der Waals surface area (Å²) in [5, 5.41) is 11.0. The molecule has 2 fully saturated rings. The lowest BCUT2D eigenvalue weighted by molar-refractivity contribution is 0.0691. The molecule has 3 aromatic heterocycles. The summed E-state index contributed by atoms with van der Waals surface area (Å²) in [6, 6.07) is 10.8. The summed E-state index contributed by atoms with van der Waals surface area (Å²) < 4.78 is 7.58. The summed E-state index contributed by atoms with van der Waals surface area (Å²) in [5.74, 6) is 1.46. The number of nitrogens with zero attached hydrogens (tertiary/aromatic N) is 7. The number of urea groups is 1. The zero-order chi connectivity index (χ0) is 27.5. The zero-order valence-corrected chi connectivity index (χ0v) is 22.3. The number of aromatic nitrogens is 5. The predicted molar refractivity (Wildman–Crippen MR) is 150 cm³/mol. The van der Waals surface area contributed by atoms with E-state index in [1.54, 1.807) is 31.6 Å². The van der Waals surface area contributed by atoms with Crippen LogP contribution in [0.25, 0.3) is 22.4 Å². The van der Waals surface area contributed by atoms with Crippen molar-refractivity contribution in [2.75, 3.05) is 56.7 Å². The lowest BCUT2D eigenvalue weighted by Crippen LogP contribution is -2.39. The molecular weight excluding hydrogens is 510 g/mol. The highest BCUT2D eigenvalue weighted by atomic mass is 16.5. The van der Waals surface area contributed by atoms with Crippen molar-refractivity contribution in [3.05, 3.63) is 60.6 Å². The van der Waals surface area contributed by atoms with Crippen LogP contribution in [0.5, 0.6) is 0 Å². The van der Waals surface area contributed by atoms with Gasteiger partial charge < -0.3 is 25.2 Å². The van der Waals surface area contributed by atoms with Crippen LogP contribution in [0.1, 0.15) is 29.2 Å². The number of benzene rings is 1. The lowest BCUT2D eigenvalue weighted by atomic mass is 10.0. The van der Waals surface area contributed by atoms with Crippen molar-refractivity contribution in [3.8, 4) is 11.4 Å². The molecule has 3 amide bonds. The Morgan fingerprint density at radius 3 is 2.38 bits per heavy atom. The Hall–Kier alpha value is -4.58. The highest BCUT2D eigenvalue weighted by Crippen LogP contribution is 2.32. The van der Waals surface area contributed by atoms with Crippen LogP contribution in [0.4, 0.5) is 16.3 Å². The van der Waals surface area contributed by atoms with E-state index in [2.05, 4.69) is 20.5 Å². The van der Waals surface area contributed by atoms with Crippen molar-refractivity contribution >= 4 is 34.5 Å². The van der Waals surface area contributed by atoms with E-state index in [0.717, 1.165) is 48.3 Å². The number of pyridine rings is 1. The summed E-state index contributed by atoms with van der Waals surface area (Å²) in [4.78, 5) is 42.7.